The number of sulfonamides is 1. The SMILES string of the molecule is COc1ccc(NS(=O)(=O)c2ccc(-c3ccccc3)cc2)cc1. The van der Waals surface area contributed by atoms with Crippen LogP contribution in [0.1, 0.15) is 0 Å². The van der Waals surface area contributed by atoms with E-state index in [-0.39, 0.29) is 4.90 Å². The summed E-state index contributed by atoms with van der Waals surface area (Å²) in [5, 5.41) is 0. The van der Waals surface area contributed by atoms with Crippen LogP contribution in [0.2, 0.25) is 0 Å². The van der Waals surface area contributed by atoms with Gasteiger partial charge in [0.15, 0.2) is 0 Å². The fourth-order valence-electron chi connectivity index (χ4n) is 2.33. The summed E-state index contributed by atoms with van der Waals surface area (Å²) in [4.78, 5) is 0.220. The molecule has 0 atom stereocenters. The number of rotatable bonds is 5. The third-order valence-corrected chi connectivity index (χ3v) is 5.01. The molecule has 3 rings (SSSR count). The van der Waals surface area contributed by atoms with Gasteiger partial charge in [-0.3, -0.25) is 4.72 Å². The fourth-order valence-corrected chi connectivity index (χ4v) is 3.39. The molecule has 3 aromatic rings. The number of anilines is 1. The molecular weight excluding hydrogens is 322 g/mol. The molecule has 0 fully saturated rings. The first-order chi connectivity index (χ1) is 11.6. The molecule has 0 radical (unpaired) electrons. The van der Waals surface area contributed by atoms with E-state index in [0.717, 1.165) is 11.1 Å². The van der Waals surface area contributed by atoms with Gasteiger partial charge in [-0.05, 0) is 47.5 Å². The van der Waals surface area contributed by atoms with E-state index in [4.69, 9.17) is 4.74 Å². The van der Waals surface area contributed by atoms with Crippen molar-refractivity contribution in [2.75, 3.05) is 11.8 Å². The normalized spacial score (nSPS) is 11.0. The van der Waals surface area contributed by atoms with Crippen molar-refractivity contribution in [1.29, 1.82) is 0 Å². The molecule has 0 aliphatic heterocycles. The van der Waals surface area contributed by atoms with E-state index >= 15 is 0 Å². The van der Waals surface area contributed by atoms with Crippen molar-refractivity contribution in [1.82, 2.24) is 0 Å². The molecule has 0 spiro atoms. The second-order valence-electron chi connectivity index (χ2n) is 5.22. The van der Waals surface area contributed by atoms with Gasteiger partial charge in [0.05, 0.1) is 12.0 Å². The zero-order valence-corrected chi connectivity index (χ0v) is 14.0. The molecule has 122 valence electrons. The lowest BCUT2D eigenvalue weighted by atomic mass is 10.1. The van der Waals surface area contributed by atoms with Gasteiger partial charge in [0, 0.05) is 5.69 Å². The lowest BCUT2D eigenvalue weighted by Crippen LogP contribution is -2.12. The highest BCUT2D eigenvalue weighted by Crippen LogP contribution is 2.23. The lowest BCUT2D eigenvalue weighted by Gasteiger charge is -2.09. The maximum atomic E-state index is 12.5. The maximum Gasteiger partial charge on any atom is 0.261 e. The molecule has 0 bridgehead atoms. The molecule has 0 saturated heterocycles. The van der Waals surface area contributed by atoms with E-state index < -0.39 is 10.0 Å². The number of benzene rings is 3. The maximum absolute atomic E-state index is 12.5. The third kappa shape index (κ3) is 3.58. The van der Waals surface area contributed by atoms with Gasteiger partial charge in [0.25, 0.3) is 10.0 Å². The van der Waals surface area contributed by atoms with Crippen molar-refractivity contribution in [3.8, 4) is 16.9 Å². The monoisotopic (exact) mass is 339 g/mol. The van der Waals surface area contributed by atoms with Crippen LogP contribution < -0.4 is 9.46 Å². The molecule has 5 heteroatoms. The van der Waals surface area contributed by atoms with Gasteiger partial charge in [-0.15, -0.1) is 0 Å². The summed E-state index contributed by atoms with van der Waals surface area (Å²) in [6, 6.07) is 23.4. The Labute approximate surface area is 141 Å². The molecule has 0 aliphatic carbocycles. The Morgan fingerprint density at radius 1 is 0.750 bits per heavy atom. The van der Waals surface area contributed by atoms with Gasteiger partial charge in [0.1, 0.15) is 5.75 Å². The minimum absolute atomic E-state index is 0.220. The lowest BCUT2D eigenvalue weighted by molar-refractivity contribution is 0.415. The Hall–Kier alpha value is -2.79. The Morgan fingerprint density at radius 3 is 1.92 bits per heavy atom. The quantitative estimate of drug-likeness (QED) is 0.759. The van der Waals surface area contributed by atoms with Crippen LogP contribution in [0.15, 0.2) is 83.8 Å². The molecule has 0 aromatic heterocycles. The molecular formula is C19H17NO3S. The van der Waals surface area contributed by atoms with Gasteiger partial charge >= 0.3 is 0 Å². The summed E-state index contributed by atoms with van der Waals surface area (Å²) < 4.78 is 32.5. The summed E-state index contributed by atoms with van der Waals surface area (Å²) in [6.07, 6.45) is 0. The number of nitrogens with one attached hydrogen (secondary N) is 1. The van der Waals surface area contributed by atoms with Gasteiger partial charge in [-0.1, -0.05) is 42.5 Å². The topological polar surface area (TPSA) is 55.4 Å². The van der Waals surface area contributed by atoms with Crippen molar-refractivity contribution in [3.63, 3.8) is 0 Å². The highest BCUT2D eigenvalue weighted by molar-refractivity contribution is 7.92. The molecule has 0 aliphatic rings. The van der Waals surface area contributed by atoms with E-state index in [0.29, 0.717) is 11.4 Å². The number of ether oxygens (including phenoxy) is 1. The molecule has 1 N–H and O–H groups in total. The van der Waals surface area contributed by atoms with Crippen molar-refractivity contribution >= 4 is 15.7 Å². The van der Waals surface area contributed by atoms with E-state index in [1.54, 1.807) is 55.6 Å². The second-order valence-corrected chi connectivity index (χ2v) is 6.91. The summed E-state index contributed by atoms with van der Waals surface area (Å²) in [6.45, 7) is 0. The zero-order chi connectivity index (χ0) is 17.0. The molecule has 0 heterocycles. The molecule has 0 amide bonds. The van der Waals surface area contributed by atoms with E-state index in [1.165, 1.54) is 0 Å². The second kappa shape index (κ2) is 6.76. The molecule has 0 saturated carbocycles. The predicted octanol–water partition coefficient (Wildman–Crippen LogP) is 4.16. The molecule has 3 aromatic carbocycles. The van der Waals surface area contributed by atoms with Crippen LogP contribution in [-0.4, -0.2) is 15.5 Å². The van der Waals surface area contributed by atoms with Crippen LogP contribution in [0, 0.1) is 0 Å². The van der Waals surface area contributed by atoms with E-state index in [2.05, 4.69) is 4.72 Å². The van der Waals surface area contributed by atoms with Gasteiger partial charge in [0.2, 0.25) is 0 Å². The summed E-state index contributed by atoms with van der Waals surface area (Å²) in [7, 11) is -2.06. The largest absolute Gasteiger partial charge is 0.497 e. The van der Waals surface area contributed by atoms with E-state index in [1.807, 2.05) is 30.3 Å². The average Bonchev–Trinajstić information content (AvgIpc) is 2.63. The fraction of sp³-hybridized carbons (Fsp3) is 0.0526. The van der Waals surface area contributed by atoms with Gasteiger partial charge in [-0.25, -0.2) is 8.42 Å². The summed E-state index contributed by atoms with van der Waals surface area (Å²) >= 11 is 0. The zero-order valence-electron chi connectivity index (χ0n) is 13.1. The van der Waals surface area contributed by atoms with Crippen molar-refractivity contribution < 1.29 is 13.2 Å². The summed E-state index contributed by atoms with van der Waals surface area (Å²) in [5.74, 6) is 0.671. The summed E-state index contributed by atoms with van der Waals surface area (Å²) in [5.41, 5.74) is 2.51. The van der Waals surface area contributed by atoms with E-state index in [9.17, 15) is 8.42 Å². The van der Waals surface area contributed by atoms with Crippen LogP contribution in [0.3, 0.4) is 0 Å². The first-order valence-corrected chi connectivity index (χ1v) is 8.89. The van der Waals surface area contributed by atoms with Gasteiger partial charge < -0.3 is 4.74 Å². The standard InChI is InChI=1S/C19H17NO3S/c1-23-18-11-9-17(10-12-18)20-24(21,22)19-13-7-16(8-14-19)15-5-3-2-4-6-15/h2-14,20H,1H3. The Kier molecular flexibility index (Phi) is 4.53. The van der Waals surface area contributed by atoms with Gasteiger partial charge in [-0.2, -0.15) is 0 Å². The van der Waals surface area contributed by atoms with Crippen LogP contribution >= 0.6 is 0 Å². The van der Waals surface area contributed by atoms with Crippen LogP contribution in [0.5, 0.6) is 5.75 Å². The number of hydrogen-bond acceptors (Lipinski definition) is 3. The number of methoxy groups -OCH3 is 1. The minimum atomic E-state index is -3.62. The Bertz CT molecular complexity index is 903. The van der Waals surface area contributed by atoms with Crippen molar-refractivity contribution in [3.05, 3.63) is 78.9 Å². The molecule has 4 nitrogen and oxygen atoms in total. The highest BCUT2D eigenvalue weighted by Gasteiger charge is 2.14. The minimum Gasteiger partial charge on any atom is -0.497 e. The Balaban J connectivity index is 1.81. The first-order valence-electron chi connectivity index (χ1n) is 7.41. The highest BCUT2D eigenvalue weighted by atomic mass is 32.2. The van der Waals surface area contributed by atoms with Crippen LogP contribution in [-0.2, 0) is 10.0 Å². The molecule has 24 heavy (non-hydrogen) atoms. The molecule has 0 unspecified atom stereocenters. The Morgan fingerprint density at radius 2 is 1.33 bits per heavy atom. The number of hydrogen-bond donors (Lipinski definition) is 1. The van der Waals surface area contributed by atoms with Crippen molar-refractivity contribution in [2.24, 2.45) is 0 Å². The van der Waals surface area contributed by atoms with Crippen LogP contribution in [0.4, 0.5) is 5.69 Å². The van der Waals surface area contributed by atoms with Crippen molar-refractivity contribution in [2.45, 2.75) is 4.90 Å². The predicted molar refractivity (Wildman–Crippen MR) is 95.7 cm³/mol. The first kappa shape index (κ1) is 16.1. The smallest absolute Gasteiger partial charge is 0.261 e. The third-order valence-electron chi connectivity index (χ3n) is 3.61. The van der Waals surface area contributed by atoms with Crippen LogP contribution in [0.25, 0.3) is 11.1 Å². The average molecular weight is 339 g/mol.